The van der Waals surface area contributed by atoms with E-state index >= 15 is 0 Å². The van der Waals surface area contributed by atoms with Gasteiger partial charge in [0, 0.05) is 7.05 Å². The van der Waals surface area contributed by atoms with E-state index in [9.17, 15) is 8.78 Å². The van der Waals surface area contributed by atoms with Gasteiger partial charge in [-0.15, -0.1) is 0 Å². The van der Waals surface area contributed by atoms with Gasteiger partial charge in [-0.25, -0.2) is 13.5 Å². The van der Waals surface area contributed by atoms with E-state index < -0.39 is 12.0 Å². The monoisotopic (exact) mass is 219 g/mol. The van der Waals surface area contributed by atoms with Crippen LogP contribution in [0.1, 0.15) is 18.2 Å². The Morgan fingerprint density at radius 3 is 2.47 bits per heavy atom. The fourth-order valence-electron chi connectivity index (χ4n) is 1.60. The summed E-state index contributed by atoms with van der Waals surface area (Å²) in [7, 11) is 3.03. The van der Waals surface area contributed by atoms with Gasteiger partial charge in [-0.2, -0.15) is 5.10 Å². The lowest BCUT2D eigenvalue weighted by atomic mass is 9.94. The van der Waals surface area contributed by atoms with Crippen molar-refractivity contribution in [1.82, 2.24) is 9.78 Å². The average molecular weight is 219 g/mol. The summed E-state index contributed by atoms with van der Waals surface area (Å²) >= 11 is 0. The Hall–Kier alpha value is -1.17. The molecule has 1 aromatic rings. The predicted molar refractivity (Wildman–Crippen MR) is 52.0 cm³/mol. The third-order valence-corrected chi connectivity index (χ3v) is 2.35. The smallest absolute Gasteiger partial charge is 0.260 e. The minimum atomic E-state index is -2.67. The van der Waals surface area contributed by atoms with Crippen molar-refractivity contribution in [2.75, 3.05) is 7.11 Å². The summed E-state index contributed by atoms with van der Waals surface area (Å²) in [6, 6.07) is 0. The molecule has 2 N–H and O–H groups in total. The van der Waals surface area contributed by atoms with E-state index in [1.54, 1.807) is 14.0 Å². The van der Waals surface area contributed by atoms with E-state index in [1.807, 2.05) is 0 Å². The Balaban J connectivity index is 3.35. The van der Waals surface area contributed by atoms with Gasteiger partial charge < -0.3 is 10.5 Å². The highest BCUT2D eigenvalue weighted by Gasteiger charge is 2.38. The molecule has 1 unspecified atom stereocenters. The molecule has 0 aliphatic rings. The highest BCUT2D eigenvalue weighted by atomic mass is 19.3. The van der Waals surface area contributed by atoms with Crippen LogP contribution in [0.25, 0.3) is 0 Å². The van der Waals surface area contributed by atoms with Crippen LogP contribution in [0.5, 0.6) is 5.88 Å². The zero-order chi connectivity index (χ0) is 11.8. The molecule has 4 nitrogen and oxygen atoms in total. The second-order valence-corrected chi connectivity index (χ2v) is 3.68. The summed E-state index contributed by atoms with van der Waals surface area (Å²) in [5, 5.41) is 4.01. The maximum Gasteiger partial charge on any atom is 0.260 e. The molecular weight excluding hydrogens is 204 g/mol. The van der Waals surface area contributed by atoms with Crippen LogP contribution >= 0.6 is 0 Å². The zero-order valence-corrected chi connectivity index (χ0v) is 9.21. The van der Waals surface area contributed by atoms with Crippen molar-refractivity contribution in [1.29, 1.82) is 0 Å². The van der Waals surface area contributed by atoms with Crippen molar-refractivity contribution >= 4 is 0 Å². The van der Waals surface area contributed by atoms with E-state index in [-0.39, 0.29) is 11.4 Å². The van der Waals surface area contributed by atoms with Gasteiger partial charge in [0.05, 0.1) is 18.4 Å². The number of hydrogen-bond acceptors (Lipinski definition) is 3. The van der Waals surface area contributed by atoms with Crippen molar-refractivity contribution in [2.45, 2.75) is 25.8 Å². The highest BCUT2D eigenvalue weighted by Crippen LogP contribution is 2.34. The quantitative estimate of drug-likeness (QED) is 0.830. The molecular formula is C9H15F2N3O. The lowest BCUT2D eigenvalue weighted by molar-refractivity contribution is 0.0605. The van der Waals surface area contributed by atoms with E-state index in [1.165, 1.54) is 18.7 Å². The molecule has 0 aliphatic heterocycles. The fraction of sp³-hybridized carbons (Fsp3) is 0.667. The molecule has 0 bridgehead atoms. The van der Waals surface area contributed by atoms with Crippen LogP contribution in [0.4, 0.5) is 8.78 Å². The maximum atomic E-state index is 12.8. The molecule has 86 valence electrons. The first-order valence-electron chi connectivity index (χ1n) is 4.47. The SMILES string of the molecule is COc1c(C(C)(N)C(F)F)c(C)nn1C. The maximum absolute atomic E-state index is 12.8. The van der Waals surface area contributed by atoms with Crippen molar-refractivity contribution in [3.05, 3.63) is 11.3 Å². The zero-order valence-electron chi connectivity index (χ0n) is 9.21. The number of aromatic nitrogens is 2. The first kappa shape index (κ1) is 11.9. The number of methoxy groups -OCH3 is 1. The Morgan fingerprint density at radius 1 is 1.53 bits per heavy atom. The van der Waals surface area contributed by atoms with Crippen LogP contribution in [0.3, 0.4) is 0 Å². The van der Waals surface area contributed by atoms with Crippen LogP contribution in [0.2, 0.25) is 0 Å². The van der Waals surface area contributed by atoms with Gasteiger partial charge in [-0.05, 0) is 13.8 Å². The van der Waals surface area contributed by atoms with Gasteiger partial charge in [0.25, 0.3) is 6.43 Å². The standard InChI is InChI=1S/C9H15F2N3O/c1-5-6(9(2,12)8(10)11)7(15-4)14(3)13-5/h8H,12H2,1-4H3. The Kier molecular flexibility index (Phi) is 2.99. The number of ether oxygens (including phenoxy) is 1. The normalized spacial score (nSPS) is 15.5. The lowest BCUT2D eigenvalue weighted by Crippen LogP contribution is -2.41. The molecule has 1 heterocycles. The van der Waals surface area contributed by atoms with E-state index in [0.717, 1.165) is 0 Å². The topological polar surface area (TPSA) is 53.1 Å². The third kappa shape index (κ3) is 1.81. The molecule has 0 saturated heterocycles. The largest absolute Gasteiger partial charge is 0.481 e. The van der Waals surface area contributed by atoms with Crippen LogP contribution < -0.4 is 10.5 Å². The summed E-state index contributed by atoms with van der Waals surface area (Å²) in [4.78, 5) is 0. The lowest BCUT2D eigenvalue weighted by Gasteiger charge is -2.24. The van der Waals surface area contributed by atoms with Gasteiger partial charge >= 0.3 is 0 Å². The number of alkyl halides is 2. The van der Waals surface area contributed by atoms with Crippen LogP contribution in [-0.4, -0.2) is 23.3 Å². The molecule has 0 amide bonds. The summed E-state index contributed by atoms with van der Waals surface area (Å²) in [5.41, 5.74) is 4.55. The summed E-state index contributed by atoms with van der Waals surface area (Å²) < 4.78 is 32.0. The van der Waals surface area contributed by atoms with Gasteiger partial charge in [-0.1, -0.05) is 0 Å². The minimum absolute atomic E-state index is 0.252. The van der Waals surface area contributed by atoms with Crippen molar-refractivity contribution in [2.24, 2.45) is 12.8 Å². The molecule has 1 aromatic heterocycles. The van der Waals surface area contributed by atoms with E-state index in [2.05, 4.69) is 5.10 Å². The summed E-state index contributed by atoms with van der Waals surface area (Å²) in [5.74, 6) is 0.276. The van der Waals surface area contributed by atoms with Crippen LogP contribution in [0, 0.1) is 6.92 Å². The molecule has 0 aliphatic carbocycles. The molecule has 0 fully saturated rings. The summed E-state index contributed by atoms with van der Waals surface area (Å²) in [6.45, 7) is 2.90. The molecule has 6 heteroatoms. The molecule has 0 aromatic carbocycles. The van der Waals surface area contributed by atoms with Gasteiger partial charge in [-0.3, -0.25) is 0 Å². The number of rotatable bonds is 3. The molecule has 0 saturated carbocycles. The number of halogens is 2. The van der Waals surface area contributed by atoms with Crippen molar-refractivity contribution in [3.8, 4) is 5.88 Å². The summed E-state index contributed by atoms with van der Waals surface area (Å²) in [6.07, 6.45) is -2.67. The second kappa shape index (κ2) is 3.77. The van der Waals surface area contributed by atoms with Crippen LogP contribution in [0.15, 0.2) is 0 Å². The fourth-order valence-corrected chi connectivity index (χ4v) is 1.60. The predicted octanol–water partition coefficient (Wildman–Crippen LogP) is 1.18. The Bertz CT molecular complexity index is 360. The average Bonchev–Trinajstić information content (AvgIpc) is 2.40. The van der Waals surface area contributed by atoms with E-state index in [0.29, 0.717) is 5.69 Å². The first-order valence-corrected chi connectivity index (χ1v) is 4.47. The number of nitrogens with zero attached hydrogens (tertiary/aromatic N) is 2. The van der Waals surface area contributed by atoms with Crippen molar-refractivity contribution in [3.63, 3.8) is 0 Å². The van der Waals surface area contributed by atoms with E-state index in [4.69, 9.17) is 10.5 Å². The highest BCUT2D eigenvalue weighted by molar-refractivity contribution is 5.37. The number of nitrogens with two attached hydrogens (primary N) is 1. The molecule has 0 spiro atoms. The Morgan fingerprint density at radius 2 is 2.07 bits per heavy atom. The molecule has 0 radical (unpaired) electrons. The number of hydrogen-bond donors (Lipinski definition) is 1. The Labute approximate surface area is 87.0 Å². The third-order valence-electron chi connectivity index (χ3n) is 2.35. The second-order valence-electron chi connectivity index (χ2n) is 3.68. The van der Waals surface area contributed by atoms with Gasteiger partial charge in [0.15, 0.2) is 0 Å². The molecule has 1 rings (SSSR count). The van der Waals surface area contributed by atoms with Crippen LogP contribution in [-0.2, 0) is 12.6 Å². The minimum Gasteiger partial charge on any atom is -0.481 e. The molecule has 15 heavy (non-hydrogen) atoms. The van der Waals surface area contributed by atoms with Gasteiger partial charge in [0.1, 0.15) is 5.54 Å². The number of aryl methyl sites for hydroxylation is 2. The molecule has 1 atom stereocenters. The van der Waals surface area contributed by atoms with Gasteiger partial charge in [0.2, 0.25) is 5.88 Å². The first-order chi connectivity index (χ1) is 6.82. The van der Waals surface area contributed by atoms with Crippen molar-refractivity contribution < 1.29 is 13.5 Å².